The summed E-state index contributed by atoms with van der Waals surface area (Å²) in [7, 11) is 0. The SMILES string of the molecule is CC(C)n1ncnc1-c1cn2c(n1)-c1ccc(Cl)nc1OCC2.CC(C)n1ncnc1-c1cn2c(n1)-c1ccc(N3CCN(CC(=O)O)CC3)nc1OCC2. The summed E-state index contributed by atoms with van der Waals surface area (Å²) in [6.45, 7) is 13.5. The van der Waals surface area contributed by atoms with Gasteiger partial charge in [-0.05, 0) is 52.0 Å². The largest absolute Gasteiger partial charge is 0.480 e. The molecule has 3 aliphatic heterocycles. The summed E-state index contributed by atoms with van der Waals surface area (Å²) in [5.74, 6) is 4.22. The quantitative estimate of drug-likeness (QED) is 0.228. The Bertz CT molecular complexity index is 2320. The van der Waals surface area contributed by atoms with Crippen LogP contribution in [0.15, 0.2) is 49.3 Å². The van der Waals surface area contributed by atoms with Crippen molar-refractivity contribution in [3.8, 4) is 57.6 Å². The number of pyridine rings is 2. The van der Waals surface area contributed by atoms with E-state index in [1.807, 2.05) is 44.9 Å². The fraction of sp³-hybridized carbons (Fsp3) is 0.417. The van der Waals surface area contributed by atoms with Crippen LogP contribution in [-0.2, 0) is 17.9 Å². The maximum Gasteiger partial charge on any atom is 0.317 e. The number of rotatable bonds is 7. The molecule has 9 heterocycles. The summed E-state index contributed by atoms with van der Waals surface area (Å²) in [4.78, 5) is 42.4. The standard InChI is InChI=1S/C21H26N8O3.C15H15ClN6O/c1-14(2)29-20(22-13-23-29)16-11-28-9-10-32-21-15(19(28)24-16)3-4-17(25-21)27-7-5-26(6-8-27)12-18(30)31;1-9(2)22-14(17-8-18-22)11-7-21-5-6-23-15-10(13(21)19-11)3-4-12(16)20-15/h3-4,11,13-14H,5-10,12H2,1-2H3,(H,30,31);3-4,7-9H,5-6H2,1-2H3. The van der Waals surface area contributed by atoms with Gasteiger partial charge in [0.05, 0.1) is 30.8 Å². The Balaban J connectivity index is 0.000000164. The molecule has 0 aliphatic carbocycles. The zero-order valence-electron chi connectivity index (χ0n) is 30.9. The monoisotopic (exact) mass is 768 g/mol. The van der Waals surface area contributed by atoms with Crippen LogP contribution >= 0.6 is 11.6 Å². The van der Waals surface area contributed by atoms with Crippen LogP contribution in [-0.4, -0.2) is 121 Å². The molecule has 0 radical (unpaired) electrons. The Kier molecular flexibility index (Phi) is 9.91. The summed E-state index contributed by atoms with van der Waals surface area (Å²) in [5, 5.41) is 18.0. The van der Waals surface area contributed by atoms with Gasteiger partial charge < -0.3 is 28.6 Å². The molecule has 0 bridgehead atoms. The zero-order valence-corrected chi connectivity index (χ0v) is 31.7. The molecular formula is C36H41ClN14O4. The van der Waals surface area contributed by atoms with Gasteiger partial charge in [-0.3, -0.25) is 9.69 Å². The van der Waals surface area contributed by atoms with Crippen LogP contribution in [0.3, 0.4) is 0 Å². The van der Waals surface area contributed by atoms with Crippen molar-refractivity contribution >= 4 is 23.4 Å². The van der Waals surface area contributed by atoms with Crippen LogP contribution in [0.1, 0.15) is 39.8 Å². The number of piperazine rings is 1. The van der Waals surface area contributed by atoms with E-state index >= 15 is 0 Å². The van der Waals surface area contributed by atoms with E-state index in [4.69, 9.17) is 41.1 Å². The van der Waals surface area contributed by atoms with E-state index < -0.39 is 5.97 Å². The van der Waals surface area contributed by atoms with Crippen LogP contribution in [0.5, 0.6) is 11.8 Å². The van der Waals surface area contributed by atoms with Gasteiger partial charge in [0.1, 0.15) is 59.9 Å². The number of nitrogens with zero attached hydrogens (tertiary/aromatic N) is 14. The first-order valence-electron chi connectivity index (χ1n) is 18.2. The molecule has 18 nitrogen and oxygen atoms in total. The molecule has 0 saturated carbocycles. The molecule has 1 fully saturated rings. The number of carboxylic acid groups (broad SMARTS) is 1. The van der Waals surface area contributed by atoms with E-state index in [2.05, 4.69) is 66.9 Å². The van der Waals surface area contributed by atoms with E-state index in [1.54, 1.807) is 18.7 Å². The molecule has 0 unspecified atom stereocenters. The highest BCUT2D eigenvalue weighted by Crippen LogP contribution is 2.35. The van der Waals surface area contributed by atoms with E-state index in [0.717, 1.165) is 64.7 Å². The first-order chi connectivity index (χ1) is 26.6. The maximum absolute atomic E-state index is 10.9. The lowest BCUT2D eigenvalue weighted by atomic mass is 10.2. The van der Waals surface area contributed by atoms with Gasteiger partial charge in [-0.2, -0.15) is 15.2 Å². The van der Waals surface area contributed by atoms with Crippen molar-refractivity contribution in [3.05, 3.63) is 54.5 Å². The number of carbonyl (C=O) groups is 1. The molecule has 9 rings (SSSR count). The summed E-state index contributed by atoms with van der Waals surface area (Å²) in [6.07, 6.45) is 7.08. The van der Waals surface area contributed by atoms with E-state index in [1.165, 1.54) is 0 Å². The molecule has 1 N–H and O–H groups in total. The molecule has 6 aromatic heterocycles. The smallest absolute Gasteiger partial charge is 0.317 e. The third-order valence-corrected chi connectivity index (χ3v) is 9.70. The molecule has 0 spiro atoms. The fourth-order valence-corrected chi connectivity index (χ4v) is 6.97. The van der Waals surface area contributed by atoms with Gasteiger partial charge in [0, 0.05) is 50.7 Å². The Labute approximate surface area is 321 Å². The average molecular weight is 769 g/mol. The second-order valence-corrected chi connectivity index (χ2v) is 14.3. The molecule has 6 aromatic rings. The Hall–Kier alpha value is -5.88. The van der Waals surface area contributed by atoms with Crippen LogP contribution in [0.4, 0.5) is 5.82 Å². The molecule has 1 saturated heterocycles. The summed E-state index contributed by atoms with van der Waals surface area (Å²) in [6, 6.07) is 8.00. The molecular weight excluding hydrogens is 728 g/mol. The van der Waals surface area contributed by atoms with Crippen LogP contribution in [0.25, 0.3) is 45.8 Å². The van der Waals surface area contributed by atoms with Crippen molar-refractivity contribution in [2.24, 2.45) is 0 Å². The normalized spacial score (nSPS) is 15.1. The van der Waals surface area contributed by atoms with E-state index in [-0.39, 0.29) is 18.6 Å². The highest BCUT2D eigenvalue weighted by atomic mass is 35.5. The molecule has 0 atom stereocenters. The van der Waals surface area contributed by atoms with E-state index in [9.17, 15) is 4.79 Å². The highest BCUT2D eigenvalue weighted by Gasteiger charge is 2.26. The van der Waals surface area contributed by atoms with E-state index in [0.29, 0.717) is 56.3 Å². The Morgan fingerprint density at radius 3 is 1.76 bits per heavy atom. The lowest BCUT2D eigenvalue weighted by molar-refractivity contribution is -0.138. The van der Waals surface area contributed by atoms with Gasteiger partial charge >= 0.3 is 5.97 Å². The third kappa shape index (κ3) is 7.34. The molecule has 0 aromatic carbocycles. The molecule has 0 amide bonds. The summed E-state index contributed by atoms with van der Waals surface area (Å²) in [5.41, 5.74) is 3.23. The van der Waals surface area contributed by atoms with Gasteiger partial charge in [-0.15, -0.1) is 0 Å². The number of aromatic nitrogens is 12. The summed E-state index contributed by atoms with van der Waals surface area (Å²) >= 11 is 5.96. The fourth-order valence-electron chi connectivity index (χ4n) is 6.83. The predicted molar refractivity (Wildman–Crippen MR) is 202 cm³/mol. The number of hydrogen-bond acceptors (Lipinski definition) is 13. The molecule has 19 heteroatoms. The molecule has 286 valence electrons. The van der Waals surface area contributed by atoms with Crippen molar-refractivity contribution in [3.63, 3.8) is 0 Å². The van der Waals surface area contributed by atoms with Crippen LogP contribution in [0, 0.1) is 0 Å². The first-order valence-corrected chi connectivity index (χ1v) is 18.6. The number of aliphatic carboxylic acids is 1. The minimum Gasteiger partial charge on any atom is -0.480 e. The minimum atomic E-state index is -0.795. The van der Waals surface area contributed by atoms with Gasteiger partial charge in [0.25, 0.3) is 0 Å². The van der Waals surface area contributed by atoms with Gasteiger partial charge in [0.2, 0.25) is 11.8 Å². The maximum atomic E-state index is 10.9. The Morgan fingerprint density at radius 1 is 0.709 bits per heavy atom. The van der Waals surface area contributed by atoms with Gasteiger partial charge in [-0.25, -0.2) is 34.3 Å². The Morgan fingerprint density at radius 2 is 1.24 bits per heavy atom. The first kappa shape index (κ1) is 36.1. The van der Waals surface area contributed by atoms with Crippen molar-refractivity contribution in [2.75, 3.05) is 50.8 Å². The zero-order chi connectivity index (χ0) is 38.2. The van der Waals surface area contributed by atoms with Crippen molar-refractivity contribution in [1.82, 2.24) is 63.5 Å². The number of halogens is 1. The number of anilines is 1. The lowest BCUT2D eigenvalue weighted by Crippen LogP contribution is -2.48. The summed E-state index contributed by atoms with van der Waals surface area (Å²) < 4.78 is 19.5. The van der Waals surface area contributed by atoms with Crippen molar-refractivity contribution in [2.45, 2.75) is 52.9 Å². The number of hydrogen-bond donors (Lipinski definition) is 1. The highest BCUT2D eigenvalue weighted by molar-refractivity contribution is 6.29. The number of carboxylic acids is 1. The lowest BCUT2D eigenvalue weighted by Gasteiger charge is -2.34. The predicted octanol–water partition coefficient (Wildman–Crippen LogP) is 4.21. The average Bonchev–Trinajstić information content (AvgIpc) is 3.97. The van der Waals surface area contributed by atoms with Gasteiger partial charge in [-0.1, -0.05) is 11.6 Å². The second kappa shape index (κ2) is 15.1. The third-order valence-electron chi connectivity index (χ3n) is 9.49. The topological polar surface area (TPSA) is 185 Å². The van der Waals surface area contributed by atoms with Crippen LogP contribution in [0.2, 0.25) is 5.15 Å². The van der Waals surface area contributed by atoms with Crippen molar-refractivity contribution < 1.29 is 19.4 Å². The molecule has 55 heavy (non-hydrogen) atoms. The minimum absolute atomic E-state index is 0.0735. The number of ether oxygens (including phenoxy) is 2. The number of imidazole rings is 2. The van der Waals surface area contributed by atoms with Crippen molar-refractivity contribution in [1.29, 1.82) is 0 Å². The van der Waals surface area contributed by atoms with Crippen LogP contribution < -0.4 is 14.4 Å². The second-order valence-electron chi connectivity index (χ2n) is 13.9. The van der Waals surface area contributed by atoms with Gasteiger partial charge in [0.15, 0.2) is 11.6 Å². The number of fused-ring (bicyclic) bond motifs is 6. The molecule has 3 aliphatic rings.